The molecule has 0 fully saturated rings. The molecule has 0 heterocycles. The lowest BCUT2D eigenvalue weighted by Crippen LogP contribution is -2.19. The van der Waals surface area contributed by atoms with Gasteiger partial charge < -0.3 is 15.2 Å². The highest BCUT2D eigenvalue weighted by atomic mass is 19.4. The van der Waals surface area contributed by atoms with Crippen molar-refractivity contribution >= 4 is 11.7 Å². The molecule has 0 spiro atoms. The average Bonchev–Trinajstić information content (AvgIpc) is 2.62. The Bertz CT molecular complexity index is 972. The fraction of sp³-hybridized carbons (Fsp3) is 0.235. The number of halogens is 10. The molecule has 0 aliphatic heterocycles. The van der Waals surface area contributed by atoms with E-state index >= 15 is 0 Å². The van der Waals surface area contributed by atoms with Gasteiger partial charge >= 0.3 is 18.5 Å². The molecule has 0 radical (unpaired) electrons. The molecule has 14 heteroatoms. The van der Waals surface area contributed by atoms with Crippen molar-refractivity contribution in [2.75, 3.05) is 5.32 Å². The van der Waals surface area contributed by atoms with Crippen LogP contribution in [0.3, 0.4) is 0 Å². The van der Waals surface area contributed by atoms with Crippen LogP contribution in [-0.2, 0) is 13.0 Å². The molecule has 2 N–H and O–H groups in total. The Morgan fingerprint density at radius 3 is 1.87 bits per heavy atom. The van der Waals surface area contributed by atoms with Gasteiger partial charge in [-0.05, 0) is 18.2 Å². The van der Waals surface area contributed by atoms with E-state index in [0.29, 0.717) is 12.1 Å². The molecule has 31 heavy (non-hydrogen) atoms. The van der Waals surface area contributed by atoms with E-state index in [9.17, 15) is 48.7 Å². The van der Waals surface area contributed by atoms with E-state index < -0.39 is 77.2 Å². The largest absolute Gasteiger partial charge is 0.573 e. The number of rotatable bonds is 6. The Balaban J connectivity index is 2.35. The first kappa shape index (κ1) is 24.1. The van der Waals surface area contributed by atoms with Crippen LogP contribution in [0.25, 0.3) is 0 Å². The summed E-state index contributed by atoms with van der Waals surface area (Å²) in [6.45, 7) is -1.09. The van der Waals surface area contributed by atoms with Crippen LogP contribution in [0, 0.1) is 23.3 Å². The van der Waals surface area contributed by atoms with Crippen LogP contribution in [0.15, 0.2) is 18.2 Å². The second-order valence-electron chi connectivity index (χ2n) is 5.92. The minimum absolute atomic E-state index is 0.356. The molecule has 0 unspecified atom stereocenters. The molecule has 0 amide bonds. The van der Waals surface area contributed by atoms with Gasteiger partial charge in [0, 0.05) is 23.4 Å². The molecular formula is C17H9F10NO3. The predicted octanol–water partition coefficient (Wildman–Crippen LogP) is 5.56. The lowest BCUT2D eigenvalue weighted by molar-refractivity contribution is -0.274. The Labute approximate surface area is 166 Å². The van der Waals surface area contributed by atoms with Gasteiger partial charge in [0.2, 0.25) is 0 Å². The number of hydrogen-bond acceptors (Lipinski definition) is 3. The van der Waals surface area contributed by atoms with Crippen LogP contribution in [0.5, 0.6) is 5.75 Å². The average molecular weight is 465 g/mol. The van der Waals surface area contributed by atoms with Crippen LogP contribution < -0.4 is 10.1 Å². The SMILES string of the molecule is O=C(O)c1cc(NCc2c(F)c(F)c(CC(F)(F)F)c(F)c2F)ccc1OC(F)(F)F. The van der Waals surface area contributed by atoms with Crippen molar-refractivity contribution in [3.63, 3.8) is 0 Å². The maximum atomic E-state index is 14.0. The van der Waals surface area contributed by atoms with Crippen LogP contribution in [0.1, 0.15) is 21.5 Å². The standard InChI is InChI=1S/C17H9F10NO3/c18-11-8(4-16(22,23)24)12(19)14(21)9(13(11)20)5-28-6-1-2-10(31-17(25,26)27)7(3-6)15(29)30/h1-3,28H,4-5H2,(H,29,30). The highest BCUT2D eigenvalue weighted by Crippen LogP contribution is 2.32. The zero-order chi connectivity index (χ0) is 23.7. The Kier molecular flexibility index (Phi) is 6.61. The molecule has 2 aromatic carbocycles. The number of ether oxygens (including phenoxy) is 1. The van der Waals surface area contributed by atoms with Crippen LogP contribution in [0.4, 0.5) is 49.6 Å². The van der Waals surface area contributed by atoms with Crippen molar-refractivity contribution < 1.29 is 58.5 Å². The van der Waals surface area contributed by atoms with E-state index in [1.807, 2.05) is 0 Å². The summed E-state index contributed by atoms with van der Waals surface area (Å²) in [7, 11) is 0. The van der Waals surface area contributed by atoms with Gasteiger partial charge in [0.05, 0.1) is 6.42 Å². The zero-order valence-corrected chi connectivity index (χ0v) is 14.7. The third kappa shape index (κ3) is 5.92. The normalized spacial score (nSPS) is 12.1. The Hall–Kier alpha value is -3.19. The number of benzene rings is 2. The van der Waals surface area contributed by atoms with Crippen molar-refractivity contribution in [3.05, 3.63) is 58.2 Å². The van der Waals surface area contributed by atoms with Crippen molar-refractivity contribution in [2.24, 2.45) is 0 Å². The number of carboxylic acids is 1. The summed E-state index contributed by atoms with van der Waals surface area (Å²) >= 11 is 0. The van der Waals surface area contributed by atoms with E-state index in [1.54, 1.807) is 0 Å². The summed E-state index contributed by atoms with van der Waals surface area (Å²) in [6, 6.07) is 1.93. The molecule has 0 aliphatic rings. The lowest BCUT2D eigenvalue weighted by Gasteiger charge is -2.15. The molecule has 0 aromatic heterocycles. The minimum atomic E-state index is -5.22. The first-order valence-corrected chi connectivity index (χ1v) is 7.88. The molecule has 0 saturated heterocycles. The van der Waals surface area contributed by atoms with E-state index in [4.69, 9.17) is 5.11 Å². The molecule has 170 valence electrons. The van der Waals surface area contributed by atoms with E-state index in [2.05, 4.69) is 10.1 Å². The third-order valence-corrected chi connectivity index (χ3v) is 3.73. The van der Waals surface area contributed by atoms with Gasteiger partial charge in [-0.3, -0.25) is 0 Å². The van der Waals surface area contributed by atoms with E-state index in [0.717, 1.165) is 6.07 Å². The number of hydrogen-bond donors (Lipinski definition) is 2. The summed E-state index contributed by atoms with van der Waals surface area (Å²) in [4.78, 5) is 11.1. The van der Waals surface area contributed by atoms with Crippen LogP contribution in [-0.4, -0.2) is 23.6 Å². The summed E-state index contributed by atoms with van der Waals surface area (Å²) < 4.78 is 133. The zero-order valence-electron chi connectivity index (χ0n) is 14.7. The van der Waals surface area contributed by atoms with Crippen LogP contribution in [0.2, 0.25) is 0 Å². The topological polar surface area (TPSA) is 58.6 Å². The van der Waals surface area contributed by atoms with Gasteiger partial charge in [-0.1, -0.05) is 0 Å². The van der Waals surface area contributed by atoms with Crippen LogP contribution >= 0.6 is 0 Å². The highest BCUT2D eigenvalue weighted by molar-refractivity contribution is 5.92. The lowest BCUT2D eigenvalue weighted by atomic mass is 10.0. The molecule has 0 aliphatic carbocycles. The number of carboxylic acid groups (broad SMARTS) is 1. The van der Waals surface area contributed by atoms with Crippen molar-refractivity contribution in [1.82, 2.24) is 0 Å². The monoisotopic (exact) mass is 465 g/mol. The summed E-state index contributed by atoms with van der Waals surface area (Å²) in [6.07, 6.45) is -12.7. The van der Waals surface area contributed by atoms with Gasteiger partial charge in [-0.15, -0.1) is 13.2 Å². The van der Waals surface area contributed by atoms with Crippen molar-refractivity contribution in [3.8, 4) is 5.75 Å². The number of nitrogens with one attached hydrogen (secondary N) is 1. The summed E-state index contributed by atoms with van der Waals surface area (Å²) in [5.74, 6) is -11.8. The minimum Gasteiger partial charge on any atom is -0.478 e. The van der Waals surface area contributed by atoms with Gasteiger partial charge in [-0.2, -0.15) is 13.2 Å². The van der Waals surface area contributed by atoms with E-state index in [-0.39, 0.29) is 5.69 Å². The van der Waals surface area contributed by atoms with Gasteiger partial charge in [0.1, 0.15) is 11.3 Å². The predicted molar refractivity (Wildman–Crippen MR) is 83.4 cm³/mol. The molecule has 4 nitrogen and oxygen atoms in total. The second-order valence-corrected chi connectivity index (χ2v) is 5.92. The second kappa shape index (κ2) is 8.51. The first-order valence-electron chi connectivity index (χ1n) is 7.88. The fourth-order valence-electron chi connectivity index (χ4n) is 2.44. The smallest absolute Gasteiger partial charge is 0.478 e. The molecule has 0 bridgehead atoms. The van der Waals surface area contributed by atoms with Crippen molar-refractivity contribution in [1.29, 1.82) is 0 Å². The maximum absolute atomic E-state index is 14.0. The summed E-state index contributed by atoms with van der Waals surface area (Å²) in [5.41, 5.74) is -4.59. The number of carbonyl (C=O) groups is 1. The number of anilines is 1. The fourth-order valence-corrected chi connectivity index (χ4v) is 2.44. The van der Waals surface area contributed by atoms with Gasteiger partial charge in [-0.25, -0.2) is 22.4 Å². The quantitative estimate of drug-likeness (QED) is 0.434. The number of aromatic carboxylic acids is 1. The van der Waals surface area contributed by atoms with E-state index in [1.165, 1.54) is 0 Å². The molecular weight excluding hydrogens is 456 g/mol. The number of alkyl halides is 6. The molecule has 2 rings (SSSR count). The maximum Gasteiger partial charge on any atom is 0.573 e. The molecule has 0 saturated carbocycles. The Morgan fingerprint density at radius 2 is 1.42 bits per heavy atom. The molecule has 0 atom stereocenters. The highest BCUT2D eigenvalue weighted by Gasteiger charge is 2.35. The molecule has 2 aromatic rings. The third-order valence-electron chi connectivity index (χ3n) is 3.73. The Morgan fingerprint density at radius 1 is 0.903 bits per heavy atom. The first-order chi connectivity index (χ1) is 14.1. The summed E-state index contributed by atoms with van der Waals surface area (Å²) in [5, 5.41) is 11.1. The van der Waals surface area contributed by atoms with Gasteiger partial charge in [0.25, 0.3) is 0 Å². The van der Waals surface area contributed by atoms with Gasteiger partial charge in [0.15, 0.2) is 23.3 Å². The van der Waals surface area contributed by atoms with Crippen molar-refractivity contribution in [2.45, 2.75) is 25.5 Å².